The second kappa shape index (κ2) is 10.6. The van der Waals surface area contributed by atoms with Crippen molar-refractivity contribution in [3.8, 4) is 6.07 Å². The number of nitrogens with zero attached hydrogens (tertiary/aromatic N) is 4. The molecule has 0 radical (unpaired) electrons. The van der Waals surface area contributed by atoms with E-state index >= 15 is 0 Å². The fourth-order valence-corrected chi connectivity index (χ4v) is 3.93. The third-order valence-electron chi connectivity index (χ3n) is 5.28. The van der Waals surface area contributed by atoms with Gasteiger partial charge in [0.05, 0.1) is 23.5 Å². The van der Waals surface area contributed by atoms with Crippen molar-refractivity contribution in [2.24, 2.45) is 0 Å². The molecule has 0 unspecified atom stereocenters. The Hall–Kier alpha value is -3.86. The molecule has 0 aliphatic rings. The Bertz CT molecular complexity index is 1250. The van der Waals surface area contributed by atoms with Crippen molar-refractivity contribution < 1.29 is 14.3 Å². The number of anilines is 1. The van der Waals surface area contributed by atoms with E-state index in [0.717, 1.165) is 23.1 Å². The number of imidazole rings is 1. The Morgan fingerprint density at radius 3 is 2.30 bits per heavy atom. The predicted molar refractivity (Wildman–Crippen MR) is 126 cm³/mol. The first-order valence-electron chi connectivity index (χ1n) is 10.9. The molecule has 1 heterocycles. The van der Waals surface area contributed by atoms with Crippen LogP contribution in [0.1, 0.15) is 30.9 Å². The average Bonchev–Trinajstić information content (AvgIpc) is 3.03. The maximum absolute atomic E-state index is 12.9. The van der Waals surface area contributed by atoms with Gasteiger partial charge in [0.2, 0.25) is 0 Å². The van der Waals surface area contributed by atoms with Gasteiger partial charge < -0.3 is 9.64 Å². The van der Waals surface area contributed by atoms with Gasteiger partial charge in [-0.25, -0.2) is 4.79 Å². The Kier molecular flexibility index (Phi) is 7.67. The average molecular weight is 449 g/mol. The molecule has 3 rings (SSSR count). The molecule has 0 aliphatic carbocycles. The number of para-hydroxylation sites is 2. The fraction of sp³-hybridized carbons (Fsp3) is 0.360. The largest absolute Gasteiger partial charge is 0.454 e. The van der Waals surface area contributed by atoms with Gasteiger partial charge in [-0.2, -0.15) is 5.26 Å². The Morgan fingerprint density at radius 2 is 1.70 bits per heavy atom. The van der Waals surface area contributed by atoms with E-state index in [4.69, 9.17) is 10.00 Å². The second-order valence-corrected chi connectivity index (χ2v) is 7.97. The van der Waals surface area contributed by atoms with Gasteiger partial charge in [-0.05, 0) is 55.7 Å². The van der Waals surface area contributed by atoms with Crippen molar-refractivity contribution in [3.05, 3.63) is 64.1 Å². The highest BCUT2D eigenvalue weighted by Gasteiger charge is 2.20. The summed E-state index contributed by atoms with van der Waals surface area (Å²) in [5, 5.41) is 8.98. The topological polar surface area (TPSA) is 97.3 Å². The van der Waals surface area contributed by atoms with Gasteiger partial charge in [0.25, 0.3) is 5.91 Å². The maximum Gasteiger partial charge on any atom is 0.329 e. The van der Waals surface area contributed by atoms with E-state index in [1.807, 2.05) is 57.2 Å². The lowest BCUT2D eigenvalue weighted by Gasteiger charge is -2.22. The number of nitriles is 1. The highest BCUT2D eigenvalue weighted by Crippen LogP contribution is 2.20. The highest BCUT2D eigenvalue weighted by molar-refractivity contribution is 5.95. The molecule has 3 aromatic rings. The molecular formula is C25H28N4O4. The van der Waals surface area contributed by atoms with Gasteiger partial charge in [0.15, 0.2) is 6.61 Å². The van der Waals surface area contributed by atoms with Crippen LogP contribution < -0.4 is 10.6 Å². The minimum absolute atomic E-state index is 0.152. The molecule has 0 N–H and O–H groups in total. The normalized spacial score (nSPS) is 10.7. The van der Waals surface area contributed by atoms with Crippen LogP contribution in [-0.4, -0.2) is 34.2 Å². The third kappa shape index (κ3) is 5.50. The lowest BCUT2D eigenvalue weighted by atomic mass is 10.1. The lowest BCUT2D eigenvalue weighted by molar-refractivity contribution is -0.148. The van der Waals surface area contributed by atoms with Crippen LogP contribution in [0, 0.1) is 25.2 Å². The number of carbonyl (C=O) groups excluding carboxylic acids is 2. The summed E-state index contributed by atoms with van der Waals surface area (Å²) >= 11 is 0. The smallest absolute Gasteiger partial charge is 0.329 e. The van der Waals surface area contributed by atoms with Crippen LogP contribution in [0.2, 0.25) is 0 Å². The molecule has 2 aromatic carbocycles. The van der Waals surface area contributed by atoms with E-state index in [0.29, 0.717) is 17.7 Å². The summed E-state index contributed by atoms with van der Waals surface area (Å²) in [6.45, 7) is 5.81. The van der Waals surface area contributed by atoms with Gasteiger partial charge in [-0.3, -0.25) is 18.7 Å². The number of carbonyl (C=O) groups is 2. The molecule has 33 heavy (non-hydrogen) atoms. The number of ether oxygens (including phenoxy) is 1. The zero-order chi connectivity index (χ0) is 24.0. The van der Waals surface area contributed by atoms with Crippen LogP contribution in [0.3, 0.4) is 0 Å². The molecule has 0 spiro atoms. The molecule has 0 saturated heterocycles. The molecule has 8 nitrogen and oxygen atoms in total. The van der Waals surface area contributed by atoms with Crippen LogP contribution >= 0.6 is 0 Å². The Balaban J connectivity index is 1.74. The van der Waals surface area contributed by atoms with Crippen LogP contribution in [0.15, 0.2) is 47.3 Å². The minimum atomic E-state index is -0.675. The summed E-state index contributed by atoms with van der Waals surface area (Å²) in [5.74, 6) is -1.10. The SMILES string of the molecule is CCCn1c(=O)n(CC(=O)OCC(=O)N(CCC#N)c2cc(C)cc(C)c2)c2ccccc21. The quantitative estimate of drug-likeness (QED) is 0.468. The van der Waals surface area contributed by atoms with Crippen LogP contribution in [0.25, 0.3) is 11.0 Å². The van der Waals surface area contributed by atoms with Gasteiger partial charge >= 0.3 is 11.7 Å². The highest BCUT2D eigenvalue weighted by atomic mass is 16.5. The van der Waals surface area contributed by atoms with Crippen molar-refractivity contribution in [2.45, 2.75) is 46.7 Å². The summed E-state index contributed by atoms with van der Waals surface area (Å²) in [6.07, 6.45) is 0.933. The van der Waals surface area contributed by atoms with Crippen molar-refractivity contribution in [1.82, 2.24) is 9.13 Å². The second-order valence-electron chi connectivity index (χ2n) is 7.97. The molecule has 0 bridgehead atoms. The number of esters is 1. The Labute approximate surface area is 192 Å². The molecule has 172 valence electrons. The molecule has 0 saturated carbocycles. The first-order valence-corrected chi connectivity index (χ1v) is 10.9. The lowest BCUT2D eigenvalue weighted by Crippen LogP contribution is -2.36. The standard InChI is InChI=1S/C25H28N4O4/c1-4-11-28-21-8-5-6-9-22(21)29(25(28)32)16-24(31)33-17-23(30)27(12-7-10-26)20-14-18(2)13-19(3)15-20/h5-6,8-9,13-15H,4,7,11-12,16-17H2,1-3H3. The number of hydrogen-bond donors (Lipinski definition) is 0. The van der Waals surface area contributed by atoms with Crippen molar-refractivity contribution in [3.63, 3.8) is 0 Å². The molecule has 1 aromatic heterocycles. The number of aromatic nitrogens is 2. The minimum Gasteiger partial charge on any atom is -0.454 e. The van der Waals surface area contributed by atoms with Crippen LogP contribution in [-0.2, 0) is 27.4 Å². The van der Waals surface area contributed by atoms with Crippen molar-refractivity contribution in [2.75, 3.05) is 18.1 Å². The maximum atomic E-state index is 12.9. The van der Waals surface area contributed by atoms with Crippen LogP contribution in [0.5, 0.6) is 0 Å². The van der Waals surface area contributed by atoms with E-state index in [9.17, 15) is 14.4 Å². The van der Waals surface area contributed by atoms with Gasteiger partial charge in [0.1, 0.15) is 6.54 Å². The van der Waals surface area contributed by atoms with Crippen molar-refractivity contribution in [1.29, 1.82) is 5.26 Å². The molecule has 1 amide bonds. The van der Waals surface area contributed by atoms with E-state index in [-0.39, 0.29) is 25.2 Å². The van der Waals surface area contributed by atoms with Crippen molar-refractivity contribution >= 4 is 28.6 Å². The summed E-state index contributed by atoms with van der Waals surface area (Å²) in [7, 11) is 0. The van der Waals surface area contributed by atoms with Gasteiger partial charge in [0, 0.05) is 18.8 Å². The monoisotopic (exact) mass is 448 g/mol. The zero-order valence-electron chi connectivity index (χ0n) is 19.2. The van der Waals surface area contributed by atoms with Gasteiger partial charge in [-0.15, -0.1) is 0 Å². The summed E-state index contributed by atoms with van der Waals surface area (Å²) < 4.78 is 8.25. The Morgan fingerprint density at radius 1 is 1.06 bits per heavy atom. The number of amides is 1. The molecular weight excluding hydrogens is 420 g/mol. The molecule has 0 fully saturated rings. The molecule has 8 heteroatoms. The fourth-order valence-electron chi connectivity index (χ4n) is 3.93. The summed E-state index contributed by atoms with van der Waals surface area (Å²) in [5.41, 5.74) is 3.74. The third-order valence-corrected chi connectivity index (χ3v) is 5.28. The number of fused-ring (bicyclic) bond motifs is 1. The van der Waals surface area contributed by atoms with Gasteiger partial charge in [-0.1, -0.05) is 25.1 Å². The molecule has 0 aliphatic heterocycles. The van der Waals surface area contributed by atoms with E-state index in [1.54, 1.807) is 16.7 Å². The summed E-state index contributed by atoms with van der Waals surface area (Å²) in [4.78, 5) is 39.7. The molecule has 0 atom stereocenters. The van der Waals surface area contributed by atoms with Crippen LogP contribution in [0.4, 0.5) is 5.69 Å². The summed E-state index contributed by atoms with van der Waals surface area (Å²) in [6, 6.07) is 15.0. The van der Waals surface area contributed by atoms with E-state index < -0.39 is 18.5 Å². The zero-order valence-corrected chi connectivity index (χ0v) is 19.2. The predicted octanol–water partition coefficient (Wildman–Crippen LogP) is 3.32. The number of benzene rings is 2. The number of aryl methyl sites for hydroxylation is 3. The van der Waals surface area contributed by atoms with E-state index in [1.165, 1.54) is 9.47 Å². The first kappa shape index (κ1) is 23.8. The number of rotatable bonds is 9. The first-order chi connectivity index (χ1) is 15.8. The van der Waals surface area contributed by atoms with E-state index in [2.05, 4.69) is 0 Å². The number of hydrogen-bond acceptors (Lipinski definition) is 5.